The summed E-state index contributed by atoms with van der Waals surface area (Å²) in [5, 5.41) is 1.04. The van der Waals surface area contributed by atoms with E-state index in [1.54, 1.807) is 0 Å². The Morgan fingerprint density at radius 2 is 1.86 bits per heavy atom. The molecule has 2 aromatic rings. The van der Waals surface area contributed by atoms with Crippen LogP contribution in [0.3, 0.4) is 0 Å². The zero-order chi connectivity index (χ0) is 16.0. The number of benzene rings is 1. The van der Waals surface area contributed by atoms with Gasteiger partial charge in [-0.2, -0.15) is 0 Å². The molecule has 0 aliphatic heterocycles. The van der Waals surface area contributed by atoms with Crippen LogP contribution < -0.4 is 10.1 Å². The quantitative estimate of drug-likeness (QED) is 0.536. The first-order valence-electron chi connectivity index (χ1n) is 6.95. The van der Waals surface area contributed by atoms with Crippen LogP contribution in [0.15, 0.2) is 31.9 Å². The van der Waals surface area contributed by atoms with E-state index in [2.05, 4.69) is 49.8 Å². The van der Waals surface area contributed by atoms with Crippen LogP contribution in [0.2, 0.25) is 18.1 Å². The van der Waals surface area contributed by atoms with Crippen molar-refractivity contribution in [1.82, 2.24) is 0 Å². The fourth-order valence-electron chi connectivity index (χ4n) is 1.82. The lowest BCUT2D eigenvalue weighted by atomic mass is 10.1. The Balaban J connectivity index is 2.50. The van der Waals surface area contributed by atoms with Crippen molar-refractivity contribution in [2.75, 3.05) is 0 Å². The summed E-state index contributed by atoms with van der Waals surface area (Å²) in [5.41, 5.74) is 1.10. The Bertz CT molecular complexity index is 741. The van der Waals surface area contributed by atoms with E-state index in [0.717, 1.165) is 16.7 Å². The summed E-state index contributed by atoms with van der Waals surface area (Å²) in [6, 6.07) is 5.71. The van der Waals surface area contributed by atoms with Gasteiger partial charge in [-0.25, -0.2) is 4.79 Å². The van der Waals surface area contributed by atoms with E-state index in [1.165, 1.54) is 0 Å². The van der Waals surface area contributed by atoms with Gasteiger partial charge in [0.25, 0.3) is 0 Å². The molecule has 3 nitrogen and oxygen atoms in total. The summed E-state index contributed by atoms with van der Waals surface area (Å²) < 4.78 is 12.1. The molecule has 0 fully saturated rings. The van der Waals surface area contributed by atoms with Gasteiger partial charge in [0.05, 0.1) is 0 Å². The van der Waals surface area contributed by atoms with Gasteiger partial charge < -0.3 is 8.84 Å². The van der Waals surface area contributed by atoms with E-state index in [0.29, 0.717) is 10.1 Å². The molecule has 0 amide bonds. The van der Waals surface area contributed by atoms with Gasteiger partial charge in [-0.1, -0.05) is 20.8 Å². The van der Waals surface area contributed by atoms with Crippen molar-refractivity contribution in [2.45, 2.75) is 45.8 Å². The first kappa shape index (κ1) is 16.3. The average Bonchev–Trinajstić information content (AvgIpc) is 2.34. The molecule has 1 aromatic carbocycles. The van der Waals surface area contributed by atoms with E-state index in [1.807, 2.05) is 25.1 Å². The fourth-order valence-corrected chi connectivity index (χ4v) is 3.14. The Kier molecular flexibility index (Phi) is 4.10. The van der Waals surface area contributed by atoms with Crippen molar-refractivity contribution in [3.63, 3.8) is 0 Å². The van der Waals surface area contributed by atoms with Crippen molar-refractivity contribution in [3.8, 4) is 5.75 Å². The third-order valence-corrected chi connectivity index (χ3v) is 9.52. The Hall–Kier alpha value is -1.07. The van der Waals surface area contributed by atoms with Crippen molar-refractivity contribution in [2.24, 2.45) is 0 Å². The summed E-state index contributed by atoms with van der Waals surface area (Å²) in [4.78, 5) is 11.8. The average molecular weight is 369 g/mol. The monoisotopic (exact) mass is 368 g/mol. The second kappa shape index (κ2) is 5.28. The molecule has 0 saturated heterocycles. The zero-order valence-corrected chi connectivity index (χ0v) is 15.9. The van der Waals surface area contributed by atoms with Crippen molar-refractivity contribution in [3.05, 3.63) is 38.7 Å². The summed E-state index contributed by atoms with van der Waals surface area (Å²) in [5.74, 6) is 0.763. The van der Waals surface area contributed by atoms with Gasteiger partial charge in [-0.3, -0.25) is 0 Å². The lowest BCUT2D eigenvalue weighted by Gasteiger charge is -2.36. The number of hydrogen-bond donors (Lipinski definition) is 0. The summed E-state index contributed by atoms with van der Waals surface area (Å²) in [6.45, 7) is 12.9. The van der Waals surface area contributed by atoms with Gasteiger partial charge in [-0.05, 0) is 58.7 Å². The van der Waals surface area contributed by atoms with Crippen molar-refractivity contribution >= 4 is 35.2 Å². The third kappa shape index (κ3) is 3.08. The molecule has 2 rings (SSSR count). The van der Waals surface area contributed by atoms with Crippen LogP contribution in [-0.4, -0.2) is 8.32 Å². The highest BCUT2D eigenvalue weighted by Gasteiger charge is 2.39. The highest BCUT2D eigenvalue weighted by atomic mass is 79.9. The maximum Gasteiger partial charge on any atom is 0.350 e. The largest absolute Gasteiger partial charge is 0.543 e. The predicted octanol–water partition coefficient (Wildman–Crippen LogP) is 5.25. The molecule has 0 radical (unpaired) electrons. The van der Waals surface area contributed by atoms with Crippen LogP contribution in [0.5, 0.6) is 5.75 Å². The molecule has 114 valence electrons. The highest BCUT2D eigenvalue weighted by molar-refractivity contribution is 9.10. The Morgan fingerprint density at radius 3 is 2.43 bits per heavy atom. The topological polar surface area (TPSA) is 39.4 Å². The van der Waals surface area contributed by atoms with Crippen molar-refractivity contribution < 1.29 is 8.84 Å². The molecular weight excluding hydrogens is 348 g/mol. The summed E-state index contributed by atoms with van der Waals surface area (Å²) in [6.07, 6.45) is 0. The summed E-state index contributed by atoms with van der Waals surface area (Å²) >= 11 is 3.26. The molecule has 0 atom stereocenters. The molecular formula is C16H21BrO3Si. The van der Waals surface area contributed by atoms with Gasteiger partial charge >= 0.3 is 5.63 Å². The number of hydrogen-bond acceptors (Lipinski definition) is 3. The minimum absolute atomic E-state index is 0.123. The molecule has 0 saturated carbocycles. The zero-order valence-electron chi connectivity index (χ0n) is 13.3. The minimum atomic E-state index is -1.90. The number of rotatable bonds is 2. The van der Waals surface area contributed by atoms with Gasteiger partial charge in [0.1, 0.15) is 15.8 Å². The molecule has 5 heteroatoms. The molecule has 0 N–H and O–H groups in total. The molecule has 21 heavy (non-hydrogen) atoms. The second-order valence-electron chi connectivity index (χ2n) is 6.85. The van der Waals surface area contributed by atoms with E-state index < -0.39 is 8.32 Å². The maximum atomic E-state index is 11.8. The fraction of sp³-hybridized carbons (Fsp3) is 0.438. The number of fused-ring (bicyclic) bond motifs is 1. The lowest BCUT2D eigenvalue weighted by Crippen LogP contribution is -2.43. The number of aryl methyl sites for hydroxylation is 1. The smallest absolute Gasteiger partial charge is 0.350 e. The normalized spacial score (nSPS) is 12.7. The summed E-state index contributed by atoms with van der Waals surface area (Å²) in [7, 11) is -1.90. The van der Waals surface area contributed by atoms with Crippen molar-refractivity contribution in [1.29, 1.82) is 0 Å². The molecule has 0 bridgehead atoms. The standard InChI is InChI=1S/C16H21BrO3Si/c1-10-12-8-7-11(20-21(5,6)16(2,3)4)9-13(12)19-15(18)14(10)17/h7-9H,1-6H3. The Labute approximate surface area is 134 Å². The Morgan fingerprint density at radius 1 is 1.24 bits per heavy atom. The maximum absolute atomic E-state index is 11.8. The second-order valence-corrected chi connectivity index (χ2v) is 12.4. The molecule has 0 spiro atoms. The van der Waals surface area contributed by atoms with E-state index in [4.69, 9.17) is 8.84 Å². The van der Waals surface area contributed by atoms with Gasteiger partial charge in [0, 0.05) is 11.5 Å². The highest BCUT2D eigenvalue weighted by Crippen LogP contribution is 2.38. The molecule has 1 aromatic heterocycles. The first-order valence-corrected chi connectivity index (χ1v) is 10.6. The van der Waals surface area contributed by atoms with Gasteiger partial charge in [0.2, 0.25) is 8.32 Å². The van der Waals surface area contributed by atoms with E-state index >= 15 is 0 Å². The number of halogens is 1. The molecule has 0 aliphatic rings. The van der Waals surface area contributed by atoms with Crippen LogP contribution in [-0.2, 0) is 0 Å². The van der Waals surface area contributed by atoms with Gasteiger partial charge in [-0.15, -0.1) is 0 Å². The minimum Gasteiger partial charge on any atom is -0.543 e. The third-order valence-electron chi connectivity index (χ3n) is 4.25. The first-order chi connectivity index (χ1) is 9.53. The molecule has 1 heterocycles. The SMILES string of the molecule is Cc1c(Br)c(=O)oc2cc(O[Si](C)(C)C(C)(C)C)ccc12. The predicted molar refractivity (Wildman–Crippen MR) is 92.7 cm³/mol. The van der Waals surface area contributed by atoms with Crippen LogP contribution >= 0.6 is 15.9 Å². The molecule has 0 unspecified atom stereocenters. The van der Waals surface area contributed by atoms with Crippen LogP contribution in [0.4, 0.5) is 0 Å². The van der Waals surface area contributed by atoms with E-state index in [-0.39, 0.29) is 10.7 Å². The van der Waals surface area contributed by atoms with Crippen LogP contribution in [0, 0.1) is 6.92 Å². The van der Waals surface area contributed by atoms with E-state index in [9.17, 15) is 4.79 Å². The van der Waals surface area contributed by atoms with Gasteiger partial charge in [0.15, 0.2) is 0 Å². The van der Waals surface area contributed by atoms with Crippen LogP contribution in [0.1, 0.15) is 26.3 Å². The molecule has 0 aliphatic carbocycles. The van der Waals surface area contributed by atoms with Crippen LogP contribution in [0.25, 0.3) is 11.0 Å². The lowest BCUT2D eigenvalue weighted by molar-refractivity contribution is 0.490.